The zero-order valence-electron chi connectivity index (χ0n) is 9.48. The Hall–Kier alpha value is -1.58. The van der Waals surface area contributed by atoms with Crippen molar-refractivity contribution in [2.24, 2.45) is 0 Å². The van der Waals surface area contributed by atoms with Crippen molar-refractivity contribution in [3.05, 3.63) is 18.3 Å². The first kappa shape index (κ1) is 9.63. The third kappa shape index (κ3) is 1.10. The van der Waals surface area contributed by atoms with Crippen LogP contribution in [0.15, 0.2) is 18.3 Å². The Bertz CT molecular complexity index is 519. The van der Waals surface area contributed by atoms with E-state index in [0.29, 0.717) is 5.95 Å². The molecule has 0 saturated heterocycles. The highest BCUT2D eigenvalue weighted by atomic mass is 15.2. The zero-order valence-corrected chi connectivity index (χ0v) is 9.48. The van der Waals surface area contributed by atoms with Gasteiger partial charge < -0.3 is 5.73 Å². The average molecular weight is 216 g/mol. The number of rotatable bonds is 2. The lowest BCUT2D eigenvalue weighted by Crippen LogP contribution is -2.40. The van der Waals surface area contributed by atoms with Crippen molar-refractivity contribution >= 4 is 17.1 Å². The molecule has 1 aliphatic carbocycles. The van der Waals surface area contributed by atoms with E-state index in [1.807, 2.05) is 18.3 Å². The summed E-state index contributed by atoms with van der Waals surface area (Å²) in [5.74, 6) is 0.607. The topological polar surface area (TPSA) is 56.7 Å². The summed E-state index contributed by atoms with van der Waals surface area (Å²) in [5, 5.41) is 0. The van der Waals surface area contributed by atoms with Gasteiger partial charge in [0.25, 0.3) is 0 Å². The molecule has 16 heavy (non-hydrogen) atoms. The molecule has 0 aliphatic heterocycles. The number of aromatic nitrogens is 3. The van der Waals surface area contributed by atoms with Crippen LogP contribution in [0.25, 0.3) is 11.2 Å². The molecule has 0 atom stereocenters. The van der Waals surface area contributed by atoms with Gasteiger partial charge in [-0.2, -0.15) is 0 Å². The number of imidazole rings is 1. The van der Waals surface area contributed by atoms with E-state index < -0.39 is 0 Å². The van der Waals surface area contributed by atoms with Gasteiger partial charge in [0, 0.05) is 11.7 Å². The van der Waals surface area contributed by atoms with Crippen molar-refractivity contribution in [2.75, 3.05) is 5.73 Å². The smallest absolute Gasteiger partial charge is 0.202 e. The van der Waals surface area contributed by atoms with E-state index in [-0.39, 0.29) is 5.54 Å². The van der Waals surface area contributed by atoms with Crippen LogP contribution in [0.3, 0.4) is 0 Å². The van der Waals surface area contributed by atoms with Crippen LogP contribution in [0.1, 0.15) is 32.6 Å². The molecule has 1 aliphatic rings. The number of anilines is 1. The van der Waals surface area contributed by atoms with Crippen LogP contribution in [-0.4, -0.2) is 14.5 Å². The molecule has 0 spiro atoms. The second-order valence-corrected chi connectivity index (χ2v) is 4.58. The number of hydrogen-bond donors (Lipinski definition) is 1. The summed E-state index contributed by atoms with van der Waals surface area (Å²) >= 11 is 0. The molecule has 0 unspecified atom stereocenters. The van der Waals surface area contributed by atoms with Gasteiger partial charge in [-0.25, -0.2) is 9.97 Å². The SMILES string of the molecule is CCC1(n2c(N)nc3cccnc32)CCC1. The highest BCUT2D eigenvalue weighted by Gasteiger charge is 2.39. The van der Waals surface area contributed by atoms with Crippen LogP contribution < -0.4 is 5.73 Å². The van der Waals surface area contributed by atoms with E-state index in [1.54, 1.807) is 0 Å². The van der Waals surface area contributed by atoms with Gasteiger partial charge in [-0.15, -0.1) is 0 Å². The lowest BCUT2D eigenvalue weighted by atomic mass is 9.74. The number of fused-ring (bicyclic) bond motifs is 1. The maximum atomic E-state index is 6.04. The molecule has 0 bridgehead atoms. The molecule has 1 saturated carbocycles. The van der Waals surface area contributed by atoms with Gasteiger partial charge in [0.15, 0.2) is 5.65 Å². The number of nitrogens with two attached hydrogens (primary N) is 1. The Labute approximate surface area is 94.5 Å². The van der Waals surface area contributed by atoms with Gasteiger partial charge in [-0.1, -0.05) is 6.92 Å². The Morgan fingerprint density at radius 1 is 1.50 bits per heavy atom. The second-order valence-electron chi connectivity index (χ2n) is 4.58. The Morgan fingerprint density at radius 2 is 2.31 bits per heavy atom. The predicted molar refractivity (Wildman–Crippen MR) is 64.1 cm³/mol. The van der Waals surface area contributed by atoms with Crippen LogP contribution in [0.4, 0.5) is 5.95 Å². The van der Waals surface area contributed by atoms with Crippen molar-refractivity contribution in [1.82, 2.24) is 14.5 Å². The molecule has 84 valence electrons. The van der Waals surface area contributed by atoms with Crippen molar-refractivity contribution in [3.8, 4) is 0 Å². The van der Waals surface area contributed by atoms with E-state index in [0.717, 1.165) is 17.6 Å². The third-order valence-electron chi connectivity index (χ3n) is 3.86. The molecule has 2 aromatic heterocycles. The summed E-state index contributed by atoms with van der Waals surface area (Å²) in [7, 11) is 0. The molecule has 2 heterocycles. The molecule has 0 amide bonds. The number of nitrogen functional groups attached to an aromatic ring is 1. The van der Waals surface area contributed by atoms with Gasteiger partial charge >= 0.3 is 0 Å². The molecule has 1 fully saturated rings. The first-order chi connectivity index (χ1) is 7.77. The average Bonchev–Trinajstić information content (AvgIpc) is 2.56. The van der Waals surface area contributed by atoms with Crippen molar-refractivity contribution in [2.45, 2.75) is 38.1 Å². The number of pyridine rings is 1. The lowest BCUT2D eigenvalue weighted by molar-refractivity contribution is 0.144. The lowest BCUT2D eigenvalue weighted by Gasteiger charge is -2.43. The van der Waals surface area contributed by atoms with Crippen LogP contribution in [0, 0.1) is 0 Å². The molecule has 2 N–H and O–H groups in total. The molecular weight excluding hydrogens is 200 g/mol. The van der Waals surface area contributed by atoms with Gasteiger partial charge in [0.2, 0.25) is 5.95 Å². The van der Waals surface area contributed by atoms with E-state index in [2.05, 4.69) is 21.5 Å². The molecule has 4 nitrogen and oxygen atoms in total. The standard InChI is InChI=1S/C12H16N4/c1-2-12(6-4-7-12)16-10-9(15-11(16)13)5-3-8-14-10/h3,5,8H,2,4,6-7H2,1H3,(H2,13,15). The highest BCUT2D eigenvalue weighted by molar-refractivity contribution is 5.74. The first-order valence-electron chi connectivity index (χ1n) is 5.86. The summed E-state index contributed by atoms with van der Waals surface area (Å²) < 4.78 is 2.14. The fourth-order valence-electron chi connectivity index (χ4n) is 2.72. The summed E-state index contributed by atoms with van der Waals surface area (Å²) in [4.78, 5) is 8.81. The summed E-state index contributed by atoms with van der Waals surface area (Å²) in [6.07, 6.45) is 6.56. The Morgan fingerprint density at radius 3 is 2.94 bits per heavy atom. The zero-order chi connectivity index (χ0) is 11.2. The van der Waals surface area contributed by atoms with E-state index >= 15 is 0 Å². The maximum Gasteiger partial charge on any atom is 0.202 e. The van der Waals surface area contributed by atoms with E-state index in [9.17, 15) is 0 Å². The summed E-state index contributed by atoms with van der Waals surface area (Å²) in [6, 6.07) is 3.87. The normalized spacial score (nSPS) is 18.6. The summed E-state index contributed by atoms with van der Waals surface area (Å²) in [5.41, 5.74) is 8.04. The fraction of sp³-hybridized carbons (Fsp3) is 0.500. The summed E-state index contributed by atoms with van der Waals surface area (Å²) in [6.45, 7) is 2.22. The Balaban J connectivity index is 2.26. The molecule has 4 heteroatoms. The monoisotopic (exact) mass is 216 g/mol. The van der Waals surface area contributed by atoms with Gasteiger partial charge in [0.05, 0.1) is 0 Å². The van der Waals surface area contributed by atoms with Crippen molar-refractivity contribution in [1.29, 1.82) is 0 Å². The minimum Gasteiger partial charge on any atom is -0.369 e. The first-order valence-corrected chi connectivity index (χ1v) is 5.86. The quantitative estimate of drug-likeness (QED) is 0.838. The molecule has 3 rings (SSSR count). The molecule has 0 radical (unpaired) electrons. The van der Waals surface area contributed by atoms with Crippen LogP contribution in [-0.2, 0) is 5.54 Å². The number of hydrogen-bond acceptors (Lipinski definition) is 3. The molecular formula is C12H16N4. The predicted octanol–water partition coefficient (Wildman–Crippen LogP) is 2.30. The number of nitrogens with zero attached hydrogens (tertiary/aromatic N) is 3. The minimum absolute atomic E-state index is 0.174. The second kappa shape index (κ2) is 3.20. The largest absolute Gasteiger partial charge is 0.369 e. The van der Waals surface area contributed by atoms with Crippen molar-refractivity contribution < 1.29 is 0 Å². The van der Waals surface area contributed by atoms with Gasteiger partial charge in [-0.3, -0.25) is 4.57 Å². The van der Waals surface area contributed by atoms with Gasteiger partial charge in [-0.05, 0) is 37.8 Å². The maximum absolute atomic E-state index is 6.04. The highest BCUT2D eigenvalue weighted by Crippen LogP contribution is 2.44. The van der Waals surface area contributed by atoms with E-state index in [4.69, 9.17) is 5.73 Å². The molecule has 2 aromatic rings. The van der Waals surface area contributed by atoms with Crippen LogP contribution in [0.2, 0.25) is 0 Å². The minimum atomic E-state index is 0.174. The molecule has 0 aromatic carbocycles. The van der Waals surface area contributed by atoms with Gasteiger partial charge in [0.1, 0.15) is 5.52 Å². The van der Waals surface area contributed by atoms with Crippen LogP contribution >= 0.6 is 0 Å². The van der Waals surface area contributed by atoms with Crippen LogP contribution in [0.5, 0.6) is 0 Å². The third-order valence-corrected chi connectivity index (χ3v) is 3.86. The van der Waals surface area contributed by atoms with Crippen molar-refractivity contribution in [3.63, 3.8) is 0 Å². The Kier molecular flexibility index (Phi) is 1.93. The fourth-order valence-corrected chi connectivity index (χ4v) is 2.72. The van der Waals surface area contributed by atoms with E-state index in [1.165, 1.54) is 19.3 Å².